The van der Waals surface area contributed by atoms with Gasteiger partial charge in [-0.2, -0.15) is 0 Å². The fourth-order valence-corrected chi connectivity index (χ4v) is 4.98. The maximum absolute atomic E-state index is 14.6. The first-order valence-electron chi connectivity index (χ1n) is 11.5. The zero-order chi connectivity index (χ0) is 22.8. The number of aromatic amines is 1. The Hall–Kier alpha value is -2.13. The third-order valence-corrected chi connectivity index (χ3v) is 6.84. The van der Waals surface area contributed by atoms with E-state index in [0.29, 0.717) is 17.3 Å². The van der Waals surface area contributed by atoms with Crippen molar-refractivity contribution in [1.29, 1.82) is 0 Å². The Morgan fingerprint density at radius 2 is 1.84 bits per heavy atom. The lowest BCUT2D eigenvalue weighted by molar-refractivity contribution is -0.131. The number of hydrogen-bond donors (Lipinski definition) is 1. The van der Waals surface area contributed by atoms with Crippen LogP contribution in [0.25, 0.3) is 10.9 Å². The Labute approximate surface area is 185 Å². The summed E-state index contributed by atoms with van der Waals surface area (Å²) in [7, 11) is -1.70. The van der Waals surface area contributed by atoms with Gasteiger partial charge in [-0.05, 0) is 36.8 Å². The molecule has 2 heterocycles. The number of halogens is 2. The molecule has 0 bridgehead atoms. The maximum atomic E-state index is 14.6. The standard InChI is InChI=1S/C25H34F2N2OSi/c1-6-8-10-18-16-20-19-14-17(26)15-21(27)24(19)28-25(20)22(11-9-7-2)29(18)23(30)12-13-31(3,4)5/h14-15,18,22,28H,6-11,16H2,1-5H3/t18-,22-/m0/s1. The van der Waals surface area contributed by atoms with Gasteiger partial charge in [0.1, 0.15) is 19.7 Å². The largest absolute Gasteiger partial charge is 0.354 e. The molecule has 0 radical (unpaired) electrons. The number of nitrogens with one attached hydrogen (secondary N) is 1. The number of carbonyl (C=O) groups excluding carboxylic acids is 1. The molecule has 0 saturated heterocycles. The van der Waals surface area contributed by atoms with Crippen LogP contribution in [-0.2, 0) is 11.2 Å². The van der Waals surface area contributed by atoms with E-state index in [2.05, 4.69) is 49.9 Å². The molecule has 31 heavy (non-hydrogen) atoms. The van der Waals surface area contributed by atoms with E-state index in [1.54, 1.807) is 0 Å². The number of amides is 1. The molecule has 2 aromatic rings. The summed E-state index contributed by atoms with van der Waals surface area (Å²) in [5, 5.41) is 0.607. The average Bonchev–Trinajstić information content (AvgIpc) is 3.06. The topological polar surface area (TPSA) is 36.1 Å². The van der Waals surface area contributed by atoms with E-state index in [0.717, 1.165) is 55.8 Å². The Balaban J connectivity index is 2.14. The van der Waals surface area contributed by atoms with E-state index in [4.69, 9.17) is 0 Å². The first-order chi connectivity index (χ1) is 14.7. The van der Waals surface area contributed by atoms with Gasteiger partial charge in [0.05, 0.1) is 11.6 Å². The van der Waals surface area contributed by atoms with Crippen LogP contribution in [0.5, 0.6) is 0 Å². The second kappa shape index (κ2) is 9.56. The van der Waals surface area contributed by atoms with Crippen LogP contribution in [-0.4, -0.2) is 29.9 Å². The Morgan fingerprint density at radius 1 is 1.16 bits per heavy atom. The van der Waals surface area contributed by atoms with Crippen molar-refractivity contribution in [3.05, 3.63) is 35.0 Å². The van der Waals surface area contributed by atoms with Crippen molar-refractivity contribution in [2.75, 3.05) is 0 Å². The highest BCUT2D eigenvalue weighted by molar-refractivity contribution is 6.84. The lowest BCUT2D eigenvalue weighted by Crippen LogP contribution is -2.47. The molecule has 1 aromatic heterocycles. The van der Waals surface area contributed by atoms with E-state index in [1.165, 1.54) is 6.07 Å². The molecule has 1 amide bonds. The fourth-order valence-electron chi connectivity index (χ4n) is 4.50. The highest BCUT2D eigenvalue weighted by Crippen LogP contribution is 2.41. The second-order valence-corrected chi connectivity index (χ2v) is 14.4. The van der Waals surface area contributed by atoms with E-state index in [9.17, 15) is 13.6 Å². The third-order valence-electron chi connectivity index (χ3n) is 5.97. The van der Waals surface area contributed by atoms with Crippen LogP contribution >= 0.6 is 0 Å². The summed E-state index contributed by atoms with van der Waals surface area (Å²) in [5.74, 6) is 1.65. The molecule has 1 aromatic carbocycles. The number of unbranched alkanes of at least 4 members (excludes halogenated alkanes) is 2. The van der Waals surface area contributed by atoms with Crippen molar-refractivity contribution in [2.45, 2.75) is 90.5 Å². The fraction of sp³-hybridized carbons (Fsp3) is 0.560. The summed E-state index contributed by atoms with van der Waals surface area (Å²) in [6, 6.07) is 2.14. The molecule has 3 rings (SSSR count). The number of rotatable bonds is 6. The van der Waals surface area contributed by atoms with Gasteiger partial charge in [-0.15, -0.1) is 5.54 Å². The van der Waals surface area contributed by atoms with Gasteiger partial charge in [-0.1, -0.05) is 59.2 Å². The van der Waals surface area contributed by atoms with Crippen molar-refractivity contribution >= 4 is 24.9 Å². The number of fused-ring (bicyclic) bond motifs is 3. The van der Waals surface area contributed by atoms with Crippen molar-refractivity contribution in [3.8, 4) is 11.5 Å². The molecule has 3 nitrogen and oxygen atoms in total. The molecule has 168 valence electrons. The van der Waals surface area contributed by atoms with Crippen molar-refractivity contribution in [3.63, 3.8) is 0 Å². The first-order valence-corrected chi connectivity index (χ1v) is 15.0. The molecule has 2 atom stereocenters. The van der Waals surface area contributed by atoms with Gasteiger partial charge in [0.25, 0.3) is 5.91 Å². The number of aromatic nitrogens is 1. The summed E-state index contributed by atoms with van der Waals surface area (Å²) in [4.78, 5) is 18.5. The van der Waals surface area contributed by atoms with Crippen molar-refractivity contribution in [1.82, 2.24) is 9.88 Å². The summed E-state index contributed by atoms with van der Waals surface area (Å²) in [6.07, 6.45) is 6.22. The quantitative estimate of drug-likeness (QED) is 0.400. The number of benzene rings is 1. The zero-order valence-corrected chi connectivity index (χ0v) is 20.4. The number of hydrogen-bond acceptors (Lipinski definition) is 1. The summed E-state index contributed by atoms with van der Waals surface area (Å²) >= 11 is 0. The minimum Gasteiger partial charge on any atom is -0.354 e. The lowest BCUT2D eigenvalue weighted by Gasteiger charge is -2.41. The predicted octanol–water partition coefficient (Wildman–Crippen LogP) is 6.50. The number of H-pyrrole nitrogens is 1. The van der Waals surface area contributed by atoms with E-state index in [1.807, 2.05) is 4.90 Å². The van der Waals surface area contributed by atoms with Crippen LogP contribution < -0.4 is 0 Å². The van der Waals surface area contributed by atoms with Crippen LogP contribution in [0.4, 0.5) is 8.78 Å². The van der Waals surface area contributed by atoms with Gasteiger partial charge in [-0.25, -0.2) is 8.78 Å². The molecular weight excluding hydrogens is 410 g/mol. The molecule has 0 aliphatic carbocycles. The average molecular weight is 445 g/mol. The Morgan fingerprint density at radius 3 is 2.48 bits per heavy atom. The van der Waals surface area contributed by atoms with Gasteiger partial charge in [0, 0.05) is 23.2 Å². The monoisotopic (exact) mass is 444 g/mol. The molecule has 1 aliphatic heterocycles. The minimum absolute atomic E-state index is 0.0110. The molecule has 0 unspecified atom stereocenters. The third kappa shape index (κ3) is 5.20. The summed E-state index contributed by atoms with van der Waals surface area (Å²) in [6.45, 7) is 10.6. The van der Waals surface area contributed by atoms with Crippen LogP contribution in [0.15, 0.2) is 12.1 Å². The number of carbonyl (C=O) groups is 1. The highest BCUT2D eigenvalue weighted by atomic mass is 28.3. The van der Waals surface area contributed by atoms with Gasteiger partial charge in [0.15, 0.2) is 0 Å². The van der Waals surface area contributed by atoms with Gasteiger partial charge >= 0.3 is 0 Å². The molecule has 6 heteroatoms. The SMILES string of the molecule is CCCC[C@H]1Cc2c([nH]c3c(F)cc(F)cc23)[C@H](CCCC)N1C(=O)C#C[Si](C)(C)C. The van der Waals surface area contributed by atoms with Gasteiger partial charge < -0.3 is 9.88 Å². The molecule has 0 spiro atoms. The van der Waals surface area contributed by atoms with Crippen LogP contribution in [0.2, 0.25) is 19.6 Å². The summed E-state index contributed by atoms with van der Waals surface area (Å²) < 4.78 is 28.6. The predicted molar refractivity (Wildman–Crippen MR) is 125 cm³/mol. The molecule has 0 saturated carbocycles. The second-order valence-electron chi connectivity index (χ2n) is 9.70. The minimum atomic E-state index is -1.70. The Bertz CT molecular complexity index is 1010. The smallest absolute Gasteiger partial charge is 0.298 e. The molecule has 1 aliphatic rings. The number of nitrogens with zero attached hydrogens (tertiary/aromatic N) is 1. The lowest BCUT2D eigenvalue weighted by atomic mass is 9.87. The molecular formula is C25H34F2N2OSi. The molecule has 0 fully saturated rings. The van der Waals surface area contributed by atoms with E-state index >= 15 is 0 Å². The van der Waals surface area contributed by atoms with E-state index in [-0.39, 0.29) is 18.0 Å². The summed E-state index contributed by atoms with van der Waals surface area (Å²) in [5.41, 5.74) is 5.36. The van der Waals surface area contributed by atoms with Gasteiger partial charge in [-0.3, -0.25) is 4.79 Å². The van der Waals surface area contributed by atoms with Crippen molar-refractivity contribution in [2.24, 2.45) is 0 Å². The highest BCUT2D eigenvalue weighted by Gasteiger charge is 2.38. The van der Waals surface area contributed by atoms with Crippen LogP contribution in [0.1, 0.15) is 69.7 Å². The normalized spacial score (nSPS) is 18.6. The maximum Gasteiger partial charge on any atom is 0.298 e. The molecule has 1 N–H and O–H groups in total. The van der Waals surface area contributed by atoms with Crippen LogP contribution in [0.3, 0.4) is 0 Å². The zero-order valence-electron chi connectivity index (χ0n) is 19.4. The van der Waals surface area contributed by atoms with Gasteiger partial charge in [0.2, 0.25) is 0 Å². The first kappa shape index (κ1) is 23.5. The van der Waals surface area contributed by atoms with Crippen LogP contribution in [0, 0.1) is 23.1 Å². The Kier molecular flexibility index (Phi) is 7.26. The van der Waals surface area contributed by atoms with Crippen molar-refractivity contribution < 1.29 is 13.6 Å². The van der Waals surface area contributed by atoms with E-state index < -0.39 is 19.7 Å².